The van der Waals surface area contributed by atoms with Crippen molar-refractivity contribution in [2.45, 2.75) is 38.3 Å². The molecule has 1 aromatic carbocycles. The number of ether oxygens (including phenoxy) is 2. The van der Waals surface area contributed by atoms with Gasteiger partial charge in [0, 0.05) is 30.3 Å². The van der Waals surface area contributed by atoms with Gasteiger partial charge in [-0.2, -0.15) is 0 Å². The van der Waals surface area contributed by atoms with Gasteiger partial charge in [-0.05, 0) is 44.4 Å². The van der Waals surface area contributed by atoms with Crippen molar-refractivity contribution in [3.63, 3.8) is 0 Å². The number of nitrogens with zero attached hydrogens (tertiary/aromatic N) is 1. The number of carbonyl (C=O) groups excluding carboxylic acids is 1. The van der Waals surface area contributed by atoms with E-state index < -0.39 is 0 Å². The zero-order valence-electron chi connectivity index (χ0n) is 13.7. The Hall–Kier alpha value is -2.01. The molecule has 0 aliphatic carbocycles. The third-order valence-electron chi connectivity index (χ3n) is 4.63. The topological polar surface area (TPSA) is 64.8 Å². The molecular weight excluding hydrogens is 292 g/mol. The van der Waals surface area contributed by atoms with Crippen LogP contribution in [0.3, 0.4) is 0 Å². The third kappa shape index (κ3) is 3.20. The first-order chi connectivity index (χ1) is 11.1. The SMILES string of the molecule is COc1ccc2c(c1)OCC(C(=O)N1CCCC[C@H]1[C@H](C)N)=C2. The van der Waals surface area contributed by atoms with Gasteiger partial charge >= 0.3 is 0 Å². The molecule has 2 aliphatic rings. The second kappa shape index (κ2) is 6.62. The highest BCUT2D eigenvalue weighted by molar-refractivity contribution is 5.99. The lowest BCUT2D eigenvalue weighted by atomic mass is 9.95. The van der Waals surface area contributed by atoms with Gasteiger partial charge in [0.15, 0.2) is 0 Å². The third-order valence-corrected chi connectivity index (χ3v) is 4.63. The minimum Gasteiger partial charge on any atom is -0.497 e. The molecule has 2 atom stereocenters. The molecule has 5 nitrogen and oxygen atoms in total. The number of hydrogen-bond acceptors (Lipinski definition) is 4. The van der Waals surface area contributed by atoms with E-state index >= 15 is 0 Å². The van der Waals surface area contributed by atoms with Crippen molar-refractivity contribution in [2.75, 3.05) is 20.3 Å². The highest BCUT2D eigenvalue weighted by atomic mass is 16.5. The van der Waals surface area contributed by atoms with Crippen LogP contribution in [0.1, 0.15) is 31.7 Å². The Bertz CT molecular complexity index is 625. The molecule has 0 aromatic heterocycles. The number of nitrogens with two attached hydrogens (primary N) is 1. The van der Waals surface area contributed by atoms with Crippen molar-refractivity contribution in [3.8, 4) is 11.5 Å². The summed E-state index contributed by atoms with van der Waals surface area (Å²) in [7, 11) is 1.62. The summed E-state index contributed by atoms with van der Waals surface area (Å²) in [5.74, 6) is 1.55. The number of methoxy groups -OCH3 is 1. The largest absolute Gasteiger partial charge is 0.497 e. The van der Waals surface area contributed by atoms with Crippen molar-refractivity contribution in [1.82, 2.24) is 4.90 Å². The fourth-order valence-corrected chi connectivity index (χ4v) is 3.33. The van der Waals surface area contributed by atoms with Crippen LogP contribution in [-0.2, 0) is 4.79 Å². The molecule has 1 amide bonds. The first kappa shape index (κ1) is 15.9. The van der Waals surface area contributed by atoms with E-state index in [9.17, 15) is 4.79 Å². The van der Waals surface area contributed by atoms with Gasteiger partial charge in [0.05, 0.1) is 12.7 Å². The molecule has 0 saturated carbocycles. The van der Waals surface area contributed by atoms with Gasteiger partial charge in [-0.25, -0.2) is 0 Å². The van der Waals surface area contributed by atoms with Crippen LogP contribution in [0.4, 0.5) is 0 Å². The highest BCUT2D eigenvalue weighted by Gasteiger charge is 2.31. The Morgan fingerprint density at radius 1 is 1.43 bits per heavy atom. The van der Waals surface area contributed by atoms with Crippen LogP contribution >= 0.6 is 0 Å². The van der Waals surface area contributed by atoms with E-state index in [2.05, 4.69) is 0 Å². The molecular formula is C18H24N2O3. The van der Waals surface area contributed by atoms with Gasteiger partial charge in [0.25, 0.3) is 5.91 Å². The van der Waals surface area contributed by atoms with Crippen molar-refractivity contribution >= 4 is 12.0 Å². The lowest BCUT2D eigenvalue weighted by Gasteiger charge is -2.38. The number of fused-ring (bicyclic) bond motifs is 1. The van der Waals surface area contributed by atoms with E-state index in [4.69, 9.17) is 15.2 Å². The van der Waals surface area contributed by atoms with E-state index in [1.54, 1.807) is 7.11 Å². The first-order valence-corrected chi connectivity index (χ1v) is 8.18. The molecule has 0 unspecified atom stereocenters. The molecule has 1 saturated heterocycles. The Labute approximate surface area is 137 Å². The van der Waals surface area contributed by atoms with Crippen LogP contribution in [0.2, 0.25) is 0 Å². The summed E-state index contributed by atoms with van der Waals surface area (Å²) < 4.78 is 11.0. The number of amides is 1. The van der Waals surface area contributed by atoms with E-state index in [1.807, 2.05) is 36.1 Å². The molecule has 2 N–H and O–H groups in total. The Morgan fingerprint density at radius 3 is 3.00 bits per heavy atom. The molecule has 5 heteroatoms. The average molecular weight is 316 g/mol. The van der Waals surface area contributed by atoms with Crippen molar-refractivity contribution in [1.29, 1.82) is 0 Å². The van der Waals surface area contributed by atoms with Crippen LogP contribution in [0.15, 0.2) is 23.8 Å². The highest BCUT2D eigenvalue weighted by Crippen LogP contribution is 2.31. The van der Waals surface area contributed by atoms with Gasteiger partial charge in [0.1, 0.15) is 18.1 Å². The standard InChI is InChI=1S/C18H24N2O3/c1-12(19)16-5-3-4-8-20(16)18(21)14-9-13-6-7-15(22-2)10-17(13)23-11-14/h6-7,9-10,12,16H,3-5,8,11,19H2,1-2H3/t12-,16-/m0/s1. The van der Waals surface area contributed by atoms with Crippen LogP contribution in [0.25, 0.3) is 6.08 Å². The van der Waals surface area contributed by atoms with Gasteiger partial charge in [-0.15, -0.1) is 0 Å². The van der Waals surface area contributed by atoms with Crippen molar-refractivity contribution in [2.24, 2.45) is 5.73 Å². The van der Waals surface area contributed by atoms with Gasteiger partial charge in [-0.1, -0.05) is 0 Å². The maximum atomic E-state index is 12.9. The normalized spacial score (nSPS) is 21.8. The number of likely N-dealkylation sites (tertiary alicyclic amines) is 1. The van der Waals surface area contributed by atoms with Crippen LogP contribution in [0.5, 0.6) is 11.5 Å². The fraction of sp³-hybridized carbons (Fsp3) is 0.500. The summed E-state index contributed by atoms with van der Waals surface area (Å²) in [6.45, 7) is 3.04. The predicted molar refractivity (Wildman–Crippen MR) is 89.5 cm³/mol. The number of piperidine rings is 1. The molecule has 2 heterocycles. The molecule has 0 spiro atoms. The molecule has 1 aromatic rings. The summed E-state index contributed by atoms with van der Waals surface area (Å²) in [6, 6.07) is 5.74. The van der Waals surface area contributed by atoms with E-state index in [-0.39, 0.29) is 18.0 Å². The fourth-order valence-electron chi connectivity index (χ4n) is 3.33. The summed E-state index contributed by atoms with van der Waals surface area (Å²) in [5.41, 5.74) is 7.68. The van der Waals surface area contributed by atoms with Crippen molar-refractivity contribution in [3.05, 3.63) is 29.3 Å². The van der Waals surface area contributed by atoms with Crippen LogP contribution in [-0.4, -0.2) is 43.2 Å². The molecule has 0 bridgehead atoms. The second-order valence-corrected chi connectivity index (χ2v) is 6.28. The number of hydrogen-bond donors (Lipinski definition) is 1. The maximum absolute atomic E-state index is 12.9. The monoisotopic (exact) mass is 316 g/mol. The first-order valence-electron chi connectivity index (χ1n) is 8.18. The lowest BCUT2D eigenvalue weighted by Crippen LogP contribution is -2.52. The van der Waals surface area contributed by atoms with E-state index in [0.717, 1.165) is 42.9 Å². The summed E-state index contributed by atoms with van der Waals surface area (Å²) in [6.07, 6.45) is 5.07. The Kier molecular flexibility index (Phi) is 4.57. The van der Waals surface area contributed by atoms with Crippen LogP contribution in [0, 0.1) is 0 Å². The summed E-state index contributed by atoms with van der Waals surface area (Å²) in [5, 5.41) is 0. The van der Waals surface area contributed by atoms with E-state index in [0.29, 0.717) is 12.2 Å². The summed E-state index contributed by atoms with van der Waals surface area (Å²) in [4.78, 5) is 14.8. The van der Waals surface area contributed by atoms with Gasteiger partial charge in [-0.3, -0.25) is 4.79 Å². The smallest absolute Gasteiger partial charge is 0.253 e. The zero-order chi connectivity index (χ0) is 16.4. The number of benzene rings is 1. The zero-order valence-corrected chi connectivity index (χ0v) is 13.7. The van der Waals surface area contributed by atoms with E-state index in [1.165, 1.54) is 0 Å². The number of carbonyl (C=O) groups is 1. The quantitative estimate of drug-likeness (QED) is 0.928. The van der Waals surface area contributed by atoms with Crippen molar-refractivity contribution < 1.29 is 14.3 Å². The van der Waals surface area contributed by atoms with Gasteiger partial charge < -0.3 is 20.1 Å². The second-order valence-electron chi connectivity index (χ2n) is 6.28. The number of rotatable bonds is 3. The lowest BCUT2D eigenvalue weighted by molar-refractivity contribution is -0.131. The molecule has 2 aliphatic heterocycles. The molecule has 0 radical (unpaired) electrons. The average Bonchev–Trinajstić information content (AvgIpc) is 2.60. The summed E-state index contributed by atoms with van der Waals surface area (Å²) >= 11 is 0. The minimum absolute atomic E-state index is 0.0130. The van der Waals surface area contributed by atoms with Gasteiger partial charge in [0.2, 0.25) is 0 Å². The molecule has 3 rings (SSSR count). The predicted octanol–water partition coefficient (Wildman–Crippen LogP) is 2.20. The minimum atomic E-state index is -0.0130. The Balaban J connectivity index is 1.83. The molecule has 124 valence electrons. The molecule has 1 fully saturated rings. The Morgan fingerprint density at radius 2 is 2.26 bits per heavy atom. The maximum Gasteiger partial charge on any atom is 0.253 e. The van der Waals surface area contributed by atoms with Crippen LogP contribution < -0.4 is 15.2 Å². The molecule has 23 heavy (non-hydrogen) atoms.